The van der Waals surface area contributed by atoms with Crippen LogP contribution in [0.4, 0.5) is 10.7 Å². The summed E-state index contributed by atoms with van der Waals surface area (Å²) in [6, 6.07) is 2.01. The number of rotatable bonds is 7. The molecule has 0 saturated carbocycles. The van der Waals surface area contributed by atoms with E-state index in [9.17, 15) is 4.79 Å². The molecule has 19 heavy (non-hydrogen) atoms. The second kappa shape index (κ2) is 6.97. The number of hydrogen-bond donors (Lipinski definition) is 3. The van der Waals surface area contributed by atoms with Crippen LogP contribution in [0.25, 0.3) is 0 Å². The quantitative estimate of drug-likeness (QED) is 0.692. The Hall–Kier alpha value is -1.78. The molecule has 0 spiro atoms. The molecule has 6 nitrogen and oxygen atoms in total. The van der Waals surface area contributed by atoms with Crippen LogP contribution in [0.3, 0.4) is 0 Å². The van der Waals surface area contributed by atoms with E-state index in [0.29, 0.717) is 17.1 Å². The molecule has 1 heterocycles. The van der Waals surface area contributed by atoms with Gasteiger partial charge in [-0.2, -0.15) is 5.26 Å². The fourth-order valence-electron chi connectivity index (χ4n) is 1.73. The third-order valence-corrected chi connectivity index (χ3v) is 4.07. The maximum atomic E-state index is 11.2. The zero-order valence-electron chi connectivity index (χ0n) is 11.2. The van der Waals surface area contributed by atoms with Gasteiger partial charge in [0.2, 0.25) is 0 Å². The first kappa shape index (κ1) is 15.3. The van der Waals surface area contributed by atoms with Gasteiger partial charge in [0.1, 0.15) is 21.5 Å². The van der Waals surface area contributed by atoms with Crippen LogP contribution in [-0.4, -0.2) is 37.0 Å². The lowest BCUT2D eigenvalue weighted by atomic mass is 10.2. The molecule has 0 saturated heterocycles. The van der Waals surface area contributed by atoms with E-state index in [1.54, 1.807) is 0 Å². The zero-order chi connectivity index (χ0) is 14.4. The Morgan fingerprint density at radius 3 is 2.58 bits per heavy atom. The molecule has 1 aromatic heterocycles. The number of hydrogen-bond acceptors (Lipinski definition) is 6. The highest BCUT2D eigenvalue weighted by atomic mass is 32.1. The number of carbonyl (C=O) groups is 1. The van der Waals surface area contributed by atoms with Crippen molar-refractivity contribution in [2.45, 2.75) is 13.8 Å². The van der Waals surface area contributed by atoms with Crippen molar-refractivity contribution in [1.29, 1.82) is 5.26 Å². The third-order valence-electron chi connectivity index (χ3n) is 2.89. The van der Waals surface area contributed by atoms with Crippen LogP contribution in [0.1, 0.15) is 29.1 Å². The Kier molecular flexibility index (Phi) is 5.60. The minimum atomic E-state index is -0.601. The molecule has 7 heteroatoms. The molecule has 1 rings (SSSR count). The lowest BCUT2D eigenvalue weighted by Gasteiger charge is -2.18. The highest BCUT2D eigenvalue weighted by molar-refractivity contribution is 7.18. The molecule has 0 fully saturated rings. The number of nitrogen functional groups attached to an aromatic ring is 1. The van der Waals surface area contributed by atoms with Crippen LogP contribution in [0.15, 0.2) is 0 Å². The van der Waals surface area contributed by atoms with E-state index in [1.165, 1.54) is 0 Å². The number of nitriles is 1. The molecule has 5 N–H and O–H groups in total. The summed E-state index contributed by atoms with van der Waals surface area (Å²) in [4.78, 5) is 13.7. The predicted molar refractivity (Wildman–Crippen MR) is 78.2 cm³/mol. The monoisotopic (exact) mass is 281 g/mol. The van der Waals surface area contributed by atoms with E-state index in [1.807, 2.05) is 6.07 Å². The first-order valence-corrected chi connectivity index (χ1v) is 6.95. The van der Waals surface area contributed by atoms with Gasteiger partial charge in [-0.1, -0.05) is 13.8 Å². The summed E-state index contributed by atoms with van der Waals surface area (Å²) in [5.41, 5.74) is 11.4. The lowest BCUT2D eigenvalue weighted by Crippen LogP contribution is -2.28. The lowest BCUT2D eigenvalue weighted by molar-refractivity contribution is 0.100. The maximum absolute atomic E-state index is 11.2. The van der Waals surface area contributed by atoms with Gasteiger partial charge >= 0.3 is 0 Å². The summed E-state index contributed by atoms with van der Waals surface area (Å²) in [7, 11) is 0. The molecule has 104 valence electrons. The van der Waals surface area contributed by atoms with Gasteiger partial charge in [-0.25, -0.2) is 0 Å². The highest BCUT2D eigenvalue weighted by Gasteiger charge is 2.18. The zero-order valence-corrected chi connectivity index (χ0v) is 12.0. The van der Waals surface area contributed by atoms with Gasteiger partial charge in [-0.05, 0) is 13.1 Å². The largest absolute Gasteiger partial charge is 0.396 e. The van der Waals surface area contributed by atoms with Crippen molar-refractivity contribution in [3.05, 3.63) is 10.4 Å². The number of thiophene rings is 1. The van der Waals surface area contributed by atoms with Crippen LogP contribution in [0.5, 0.6) is 0 Å². The number of anilines is 2. The molecule has 0 radical (unpaired) electrons. The Morgan fingerprint density at radius 2 is 2.11 bits per heavy atom. The van der Waals surface area contributed by atoms with Crippen LogP contribution < -0.4 is 16.8 Å². The minimum Gasteiger partial charge on any atom is -0.396 e. The molecular formula is C12H19N5OS. The smallest absolute Gasteiger partial charge is 0.261 e. The number of nitrogens with zero attached hydrogens (tertiary/aromatic N) is 2. The average molecular weight is 281 g/mol. The second-order valence-corrected chi connectivity index (χ2v) is 5.00. The van der Waals surface area contributed by atoms with Crippen molar-refractivity contribution >= 4 is 27.9 Å². The minimum absolute atomic E-state index is 0.172. The van der Waals surface area contributed by atoms with E-state index in [2.05, 4.69) is 24.1 Å². The number of likely N-dealkylation sites (N-methyl/N-ethyl adjacent to an activating group) is 1. The van der Waals surface area contributed by atoms with Gasteiger partial charge in [0.25, 0.3) is 5.91 Å². The Bertz CT molecular complexity index is 487. The van der Waals surface area contributed by atoms with Gasteiger partial charge in [-0.15, -0.1) is 11.3 Å². The molecule has 0 aromatic carbocycles. The molecule has 0 atom stereocenters. The first-order chi connectivity index (χ1) is 9.04. The molecule has 1 amide bonds. The molecule has 0 aliphatic carbocycles. The van der Waals surface area contributed by atoms with Gasteiger partial charge in [-0.3, -0.25) is 4.79 Å². The average Bonchev–Trinajstić information content (AvgIpc) is 2.71. The fourth-order valence-corrected chi connectivity index (χ4v) is 2.68. The maximum Gasteiger partial charge on any atom is 0.261 e. The number of nitrogens with one attached hydrogen (secondary N) is 1. The summed E-state index contributed by atoms with van der Waals surface area (Å²) in [5, 5.41) is 12.8. The molecule has 0 bridgehead atoms. The second-order valence-electron chi connectivity index (χ2n) is 3.98. The fraction of sp³-hybridized carbons (Fsp3) is 0.500. The van der Waals surface area contributed by atoms with Crippen LogP contribution in [-0.2, 0) is 0 Å². The number of amides is 1. The molecular weight excluding hydrogens is 262 g/mol. The van der Waals surface area contributed by atoms with E-state index >= 15 is 0 Å². The molecule has 0 unspecified atom stereocenters. The van der Waals surface area contributed by atoms with Gasteiger partial charge < -0.3 is 21.7 Å². The summed E-state index contributed by atoms with van der Waals surface area (Å²) >= 11 is 1.13. The van der Waals surface area contributed by atoms with Gasteiger partial charge in [0.05, 0.1) is 5.69 Å². The molecule has 0 aliphatic rings. The third kappa shape index (κ3) is 3.59. The first-order valence-electron chi connectivity index (χ1n) is 6.13. The van der Waals surface area contributed by atoms with Crippen LogP contribution >= 0.6 is 11.3 Å². The standard InChI is InChI=1S/C12H19N5OS/c1-3-17(4-2)6-5-16-12-8(7-13)9(14)10(19-12)11(15)18/h16H,3-6,14H2,1-2H3,(H2,15,18). The van der Waals surface area contributed by atoms with E-state index in [0.717, 1.165) is 31.0 Å². The van der Waals surface area contributed by atoms with Crippen molar-refractivity contribution in [3.8, 4) is 6.07 Å². The van der Waals surface area contributed by atoms with Crippen molar-refractivity contribution in [1.82, 2.24) is 4.90 Å². The van der Waals surface area contributed by atoms with E-state index < -0.39 is 5.91 Å². The van der Waals surface area contributed by atoms with Crippen LogP contribution in [0.2, 0.25) is 0 Å². The van der Waals surface area contributed by atoms with Crippen molar-refractivity contribution in [2.75, 3.05) is 37.2 Å². The summed E-state index contributed by atoms with van der Waals surface area (Å²) in [6.07, 6.45) is 0. The highest BCUT2D eigenvalue weighted by Crippen LogP contribution is 2.34. The van der Waals surface area contributed by atoms with Crippen molar-refractivity contribution in [2.24, 2.45) is 5.73 Å². The summed E-state index contributed by atoms with van der Waals surface area (Å²) < 4.78 is 0. The topological polar surface area (TPSA) is 108 Å². The molecule has 1 aromatic rings. The number of carbonyl (C=O) groups excluding carboxylic acids is 1. The van der Waals surface area contributed by atoms with E-state index in [-0.39, 0.29) is 10.6 Å². The van der Waals surface area contributed by atoms with Crippen molar-refractivity contribution in [3.63, 3.8) is 0 Å². The van der Waals surface area contributed by atoms with E-state index in [4.69, 9.17) is 16.7 Å². The normalized spacial score (nSPS) is 10.4. The number of primary amides is 1. The number of nitrogens with two attached hydrogens (primary N) is 2. The molecule has 0 aliphatic heterocycles. The summed E-state index contributed by atoms with van der Waals surface area (Å²) in [6.45, 7) is 7.69. The SMILES string of the molecule is CCN(CC)CCNc1sc(C(N)=O)c(N)c1C#N. The Balaban J connectivity index is 2.76. The van der Waals surface area contributed by atoms with Crippen molar-refractivity contribution < 1.29 is 4.79 Å². The van der Waals surface area contributed by atoms with Gasteiger partial charge in [0.15, 0.2) is 0 Å². The predicted octanol–water partition coefficient (Wildman–Crippen LogP) is 1.05. The Labute approximate surface area is 117 Å². The Morgan fingerprint density at radius 1 is 1.47 bits per heavy atom. The van der Waals surface area contributed by atoms with Crippen LogP contribution in [0, 0.1) is 11.3 Å². The van der Waals surface area contributed by atoms with Gasteiger partial charge in [0, 0.05) is 13.1 Å². The summed E-state index contributed by atoms with van der Waals surface area (Å²) in [5.74, 6) is -0.601.